The van der Waals surface area contributed by atoms with Gasteiger partial charge in [-0.1, -0.05) is 6.07 Å². The Labute approximate surface area is 93.2 Å². The molecule has 0 aliphatic carbocycles. The smallest absolute Gasteiger partial charge is 0.0963 e. The van der Waals surface area contributed by atoms with Gasteiger partial charge in [-0.3, -0.25) is 0 Å². The molecular formula is C12H14O2S. The first-order chi connectivity index (χ1) is 7.18. The first-order valence-corrected chi connectivity index (χ1v) is 5.84. The molecule has 1 atom stereocenters. The second-order valence-electron chi connectivity index (χ2n) is 3.87. The molecule has 2 aromatic rings. The summed E-state index contributed by atoms with van der Waals surface area (Å²) in [4.78, 5) is 1.30. The summed E-state index contributed by atoms with van der Waals surface area (Å²) in [5.41, 5.74) is 0.0517. The van der Waals surface area contributed by atoms with E-state index in [4.69, 9.17) is 4.42 Å². The Bertz CT molecular complexity index is 387. The average Bonchev–Trinajstić information content (AvgIpc) is 2.88. The minimum Gasteiger partial charge on any atom is -0.472 e. The molecule has 0 bridgehead atoms. The molecule has 0 aromatic carbocycles. The lowest BCUT2D eigenvalue weighted by Gasteiger charge is -2.21. The summed E-state index contributed by atoms with van der Waals surface area (Å²) in [5.74, 6) is 0. The van der Waals surface area contributed by atoms with Gasteiger partial charge in [0.1, 0.15) is 0 Å². The van der Waals surface area contributed by atoms with Gasteiger partial charge in [0, 0.05) is 10.4 Å². The number of thiophene rings is 1. The first-order valence-electron chi connectivity index (χ1n) is 4.96. The van der Waals surface area contributed by atoms with E-state index in [1.165, 1.54) is 4.88 Å². The van der Waals surface area contributed by atoms with Crippen LogP contribution in [-0.4, -0.2) is 5.11 Å². The molecule has 1 unspecified atom stereocenters. The van der Waals surface area contributed by atoms with Gasteiger partial charge < -0.3 is 9.52 Å². The van der Waals surface area contributed by atoms with Gasteiger partial charge in [-0.25, -0.2) is 0 Å². The maximum absolute atomic E-state index is 10.2. The third-order valence-electron chi connectivity index (χ3n) is 2.58. The SMILES string of the molecule is CC(O)(CCc1cccs1)c1ccoc1. The highest BCUT2D eigenvalue weighted by Crippen LogP contribution is 2.27. The van der Waals surface area contributed by atoms with E-state index >= 15 is 0 Å². The van der Waals surface area contributed by atoms with E-state index < -0.39 is 5.60 Å². The molecule has 15 heavy (non-hydrogen) atoms. The van der Waals surface area contributed by atoms with Gasteiger partial charge >= 0.3 is 0 Å². The molecule has 1 N–H and O–H groups in total. The quantitative estimate of drug-likeness (QED) is 0.862. The summed E-state index contributed by atoms with van der Waals surface area (Å²) < 4.78 is 4.98. The molecule has 0 saturated heterocycles. The number of aryl methyl sites for hydroxylation is 1. The van der Waals surface area contributed by atoms with E-state index in [0.29, 0.717) is 6.42 Å². The topological polar surface area (TPSA) is 33.4 Å². The predicted octanol–water partition coefficient (Wildman–Crippen LogP) is 3.18. The molecule has 0 aliphatic heterocycles. The van der Waals surface area contributed by atoms with Gasteiger partial charge in [0.15, 0.2) is 0 Å². The standard InChI is InChI=1S/C12H14O2S/c1-12(13,10-5-7-14-9-10)6-4-11-3-2-8-15-11/h2-3,5,7-9,13H,4,6H2,1H3. The van der Waals surface area contributed by atoms with Crippen molar-refractivity contribution >= 4 is 11.3 Å². The molecule has 0 saturated carbocycles. The van der Waals surface area contributed by atoms with Crippen molar-refractivity contribution in [2.24, 2.45) is 0 Å². The van der Waals surface area contributed by atoms with Crippen LogP contribution >= 0.6 is 11.3 Å². The number of furan rings is 1. The van der Waals surface area contributed by atoms with Crippen LogP contribution in [0.1, 0.15) is 23.8 Å². The summed E-state index contributed by atoms with van der Waals surface area (Å²) >= 11 is 1.73. The zero-order valence-corrected chi connectivity index (χ0v) is 9.46. The second-order valence-corrected chi connectivity index (χ2v) is 4.90. The fraction of sp³-hybridized carbons (Fsp3) is 0.333. The Kier molecular flexibility index (Phi) is 2.93. The molecule has 2 heterocycles. The maximum Gasteiger partial charge on any atom is 0.0963 e. The van der Waals surface area contributed by atoms with Gasteiger partial charge in [-0.05, 0) is 37.3 Å². The fourth-order valence-electron chi connectivity index (χ4n) is 1.54. The van der Waals surface area contributed by atoms with Crippen molar-refractivity contribution in [2.75, 3.05) is 0 Å². The third-order valence-corrected chi connectivity index (χ3v) is 3.52. The molecule has 0 fully saturated rings. The van der Waals surface area contributed by atoms with E-state index in [1.54, 1.807) is 23.9 Å². The molecule has 2 nitrogen and oxygen atoms in total. The number of rotatable bonds is 4. The summed E-state index contributed by atoms with van der Waals surface area (Å²) in [5, 5.41) is 12.3. The molecule has 0 radical (unpaired) electrons. The van der Waals surface area contributed by atoms with Gasteiger partial charge in [-0.2, -0.15) is 0 Å². The van der Waals surface area contributed by atoms with E-state index in [0.717, 1.165) is 12.0 Å². The lowest BCUT2D eigenvalue weighted by Crippen LogP contribution is -2.20. The van der Waals surface area contributed by atoms with Crippen molar-refractivity contribution in [1.82, 2.24) is 0 Å². The monoisotopic (exact) mass is 222 g/mol. The molecule has 80 valence electrons. The molecule has 0 spiro atoms. The molecule has 0 amide bonds. The molecular weight excluding hydrogens is 208 g/mol. The predicted molar refractivity (Wildman–Crippen MR) is 60.9 cm³/mol. The Hall–Kier alpha value is -1.06. The zero-order chi connectivity index (χ0) is 10.7. The van der Waals surface area contributed by atoms with Crippen LogP contribution in [-0.2, 0) is 12.0 Å². The van der Waals surface area contributed by atoms with Crippen molar-refractivity contribution in [1.29, 1.82) is 0 Å². The van der Waals surface area contributed by atoms with Crippen molar-refractivity contribution in [3.63, 3.8) is 0 Å². The van der Waals surface area contributed by atoms with E-state index in [1.807, 2.05) is 19.1 Å². The summed E-state index contributed by atoms with van der Waals surface area (Å²) in [6.07, 6.45) is 4.81. The number of hydrogen-bond donors (Lipinski definition) is 1. The number of hydrogen-bond acceptors (Lipinski definition) is 3. The van der Waals surface area contributed by atoms with E-state index in [-0.39, 0.29) is 0 Å². The summed E-state index contributed by atoms with van der Waals surface area (Å²) in [7, 11) is 0. The number of aliphatic hydroxyl groups is 1. The highest BCUT2D eigenvalue weighted by Gasteiger charge is 2.23. The Morgan fingerprint density at radius 1 is 1.47 bits per heavy atom. The van der Waals surface area contributed by atoms with Crippen LogP contribution in [0.2, 0.25) is 0 Å². The largest absolute Gasteiger partial charge is 0.472 e. The van der Waals surface area contributed by atoms with Crippen LogP contribution in [0.5, 0.6) is 0 Å². The fourth-order valence-corrected chi connectivity index (χ4v) is 2.25. The van der Waals surface area contributed by atoms with Crippen LogP contribution in [0, 0.1) is 0 Å². The lowest BCUT2D eigenvalue weighted by atomic mass is 9.93. The van der Waals surface area contributed by atoms with Crippen molar-refractivity contribution in [3.8, 4) is 0 Å². The van der Waals surface area contributed by atoms with Crippen LogP contribution in [0.4, 0.5) is 0 Å². The third kappa shape index (κ3) is 2.49. The van der Waals surface area contributed by atoms with Crippen molar-refractivity contribution in [3.05, 3.63) is 46.5 Å². The maximum atomic E-state index is 10.2. The van der Waals surface area contributed by atoms with Gasteiger partial charge in [0.2, 0.25) is 0 Å². The lowest BCUT2D eigenvalue weighted by molar-refractivity contribution is 0.0477. The van der Waals surface area contributed by atoms with Crippen molar-refractivity contribution < 1.29 is 9.52 Å². The van der Waals surface area contributed by atoms with E-state index in [9.17, 15) is 5.11 Å². The van der Waals surface area contributed by atoms with Crippen LogP contribution in [0.15, 0.2) is 40.5 Å². The minimum atomic E-state index is -0.795. The van der Waals surface area contributed by atoms with E-state index in [2.05, 4.69) is 11.4 Å². The highest BCUT2D eigenvalue weighted by atomic mass is 32.1. The van der Waals surface area contributed by atoms with Crippen LogP contribution in [0.25, 0.3) is 0 Å². The second kappa shape index (κ2) is 4.21. The minimum absolute atomic E-state index is 0.715. The molecule has 0 aliphatic rings. The van der Waals surface area contributed by atoms with Crippen molar-refractivity contribution in [2.45, 2.75) is 25.4 Å². The van der Waals surface area contributed by atoms with Crippen LogP contribution in [0.3, 0.4) is 0 Å². The van der Waals surface area contributed by atoms with Crippen LogP contribution < -0.4 is 0 Å². The first kappa shape index (κ1) is 10.5. The van der Waals surface area contributed by atoms with Gasteiger partial charge in [0.05, 0.1) is 18.1 Å². The molecule has 2 aromatic heterocycles. The Balaban J connectivity index is 1.99. The van der Waals surface area contributed by atoms with Gasteiger partial charge in [0.25, 0.3) is 0 Å². The average molecular weight is 222 g/mol. The van der Waals surface area contributed by atoms with Gasteiger partial charge in [-0.15, -0.1) is 11.3 Å². The molecule has 2 rings (SSSR count). The molecule has 3 heteroatoms. The Morgan fingerprint density at radius 3 is 2.93 bits per heavy atom. The summed E-state index contributed by atoms with van der Waals surface area (Å²) in [6.45, 7) is 1.82. The zero-order valence-electron chi connectivity index (χ0n) is 8.64. The normalized spacial score (nSPS) is 15.1. The highest BCUT2D eigenvalue weighted by molar-refractivity contribution is 7.09. The summed E-state index contributed by atoms with van der Waals surface area (Å²) in [6, 6.07) is 5.94. The Morgan fingerprint density at radius 2 is 2.33 bits per heavy atom.